The second kappa shape index (κ2) is 7.84. The maximum Gasteiger partial charge on any atom is 0.348 e. The van der Waals surface area contributed by atoms with Gasteiger partial charge in [-0.05, 0) is 64.6 Å². The van der Waals surface area contributed by atoms with E-state index in [1.165, 1.54) is 16.6 Å². The molecule has 0 radical (unpaired) electrons. The molecule has 0 spiro atoms. The third-order valence-electron chi connectivity index (χ3n) is 8.49. The predicted octanol–water partition coefficient (Wildman–Crippen LogP) is 2.95. The maximum absolute atomic E-state index is 13.8. The number of hydrogen-bond acceptors (Lipinski definition) is 4. The number of likely N-dealkylation sites (tertiary alicyclic amines) is 2. The fourth-order valence-electron chi connectivity index (χ4n) is 7.07. The van der Waals surface area contributed by atoms with Gasteiger partial charge in [-0.3, -0.25) is 14.3 Å². The zero-order valence-electron chi connectivity index (χ0n) is 19.6. The molecule has 1 aromatic carbocycles. The van der Waals surface area contributed by atoms with Crippen LogP contribution in [0.1, 0.15) is 49.6 Å². The first-order chi connectivity index (χ1) is 15.3. The molecule has 3 heterocycles. The second-order valence-electron chi connectivity index (χ2n) is 10.4. The Labute approximate surface area is 190 Å². The van der Waals surface area contributed by atoms with Crippen LogP contribution in [0.3, 0.4) is 0 Å². The van der Waals surface area contributed by atoms with Gasteiger partial charge >= 0.3 is 5.69 Å². The molecule has 2 bridgehead atoms. The number of fused-ring (bicyclic) bond motifs is 1. The number of carbonyl (C=O) groups is 1. The minimum atomic E-state index is -0.330. The molecule has 3 fully saturated rings. The molecule has 3 aliphatic rings. The first kappa shape index (κ1) is 21.4. The van der Waals surface area contributed by atoms with Crippen LogP contribution in [0.5, 0.6) is 0 Å². The van der Waals surface area contributed by atoms with Crippen molar-refractivity contribution in [1.82, 2.24) is 19.4 Å². The van der Waals surface area contributed by atoms with Gasteiger partial charge in [-0.25, -0.2) is 4.79 Å². The summed E-state index contributed by atoms with van der Waals surface area (Å²) < 4.78 is 1.54. The van der Waals surface area contributed by atoms with Crippen molar-refractivity contribution >= 4 is 5.91 Å². The SMILES string of the molecule is Cc1cc(C)n(CC(=O)N2[C@H]3CCC[C@H]4N(C)[C@@H](Cc5ccccc5)[C@@H]2C[C@@]34C)c(=O)n1. The fourth-order valence-corrected chi connectivity index (χ4v) is 7.07. The van der Waals surface area contributed by atoms with Crippen LogP contribution in [0.25, 0.3) is 0 Å². The van der Waals surface area contributed by atoms with Crippen molar-refractivity contribution in [1.29, 1.82) is 0 Å². The number of nitrogens with zero attached hydrogens (tertiary/aromatic N) is 4. The first-order valence-corrected chi connectivity index (χ1v) is 11.9. The van der Waals surface area contributed by atoms with E-state index in [0.717, 1.165) is 31.4 Å². The van der Waals surface area contributed by atoms with E-state index in [2.05, 4.69) is 59.1 Å². The molecule has 0 N–H and O–H groups in total. The van der Waals surface area contributed by atoms with Gasteiger partial charge in [-0.2, -0.15) is 4.98 Å². The van der Waals surface area contributed by atoms with Crippen LogP contribution < -0.4 is 5.69 Å². The van der Waals surface area contributed by atoms with Crippen LogP contribution in [0.2, 0.25) is 0 Å². The van der Waals surface area contributed by atoms with Gasteiger partial charge in [-0.1, -0.05) is 37.3 Å². The molecule has 2 aliphatic heterocycles. The number of aromatic nitrogens is 2. The molecular weight excluding hydrogens is 400 g/mol. The Morgan fingerprint density at radius 3 is 2.59 bits per heavy atom. The van der Waals surface area contributed by atoms with Crippen molar-refractivity contribution in [2.24, 2.45) is 5.41 Å². The van der Waals surface area contributed by atoms with E-state index in [4.69, 9.17) is 0 Å². The van der Waals surface area contributed by atoms with Crippen molar-refractivity contribution in [2.45, 2.75) is 83.6 Å². The molecule has 1 aromatic heterocycles. The van der Waals surface area contributed by atoms with E-state index in [1.807, 2.05) is 19.9 Å². The summed E-state index contributed by atoms with van der Waals surface area (Å²) in [5, 5.41) is 0. The Hall–Kier alpha value is -2.47. The first-order valence-electron chi connectivity index (χ1n) is 11.9. The van der Waals surface area contributed by atoms with Crippen molar-refractivity contribution in [3.63, 3.8) is 0 Å². The van der Waals surface area contributed by atoms with Crippen LogP contribution in [-0.2, 0) is 17.8 Å². The van der Waals surface area contributed by atoms with Crippen molar-refractivity contribution < 1.29 is 4.79 Å². The summed E-state index contributed by atoms with van der Waals surface area (Å²) in [7, 11) is 2.26. The number of aryl methyl sites for hydroxylation is 2. The number of amides is 1. The molecule has 32 heavy (non-hydrogen) atoms. The van der Waals surface area contributed by atoms with Crippen molar-refractivity contribution in [2.75, 3.05) is 7.05 Å². The second-order valence-corrected chi connectivity index (χ2v) is 10.4. The van der Waals surface area contributed by atoms with Gasteiger partial charge in [0.05, 0.1) is 0 Å². The summed E-state index contributed by atoms with van der Waals surface area (Å²) in [5.41, 5.74) is 2.59. The minimum absolute atomic E-state index is 0.0635. The van der Waals surface area contributed by atoms with Crippen LogP contribution in [0.15, 0.2) is 41.2 Å². The molecule has 6 nitrogen and oxygen atoms in total. The summed E-state index contributed by atoms with van der Waals surface area (Å²) in [4.78, 5) is 35.2. The van der Waals surface area contributed by atoms with Gasteiger partial charge in [-0.15, -0.1) is 0 Å². The lowest BCUT2D eigenvalue weighted by atomic mass is 9.64. The number of benzene rings is 1. The molecule has 0 unspecified atom stereocenters. The summed E-state index contributed by atoms with van der Waals surface area (Å²) in [6.07, 6.45) is 5.39. The Morgan fingerprint density at radius 2 is 1.88 bits per heavy atom. The minimum Gasteiger partial charge on any atom is -0.333 e. The number of piperidine rings is 1. The Bertz CT molecular complexity index is 1080. The van der Waals surface area contributed by atoms with E-state index in [-0.39, 0.29) is 41.7 Å². The number of carbonyl (C=O) groups excluding carboxylic acids is 1. The summed E-state index contributed by atoms with van der Waals surface area (Å²) in [6.45, 7) is 6.17. The van der Waals surface area contributed by atoms with Crippen molar-refractivity contribution in [3.05, 3.63) is 63.8 Å². The van der Waals surface area contributed by atoms with Gasteiger partial charge < -0.3 is 4.90 Å². The number of likely N-dealkylation sites (N-methyl/N-ethyl adjacent to an activating group) is 1. The van der Waals surface area contributed by atoms with Gasteiger partial charge in [0.25, 0.3) is 0 Å². The molecular formula is C26H34N4O2. The van der Waals surface area contributed by atoms with Crippen LogP contribution >= 0.6 is 0 Å². The maximum atomic E-state index is 13.8. The Morgan fingerprint density at radius 1 is 1.16 bits per heavy atom. The smallest absolute Gasteiger partial charge is 0.333 e. The van der Waals surface area contributed by atoms with Gasteiger partial charge in [0, 0.05) is 41.0 Å². The van der Waals surface area contributed by atoms with Gasteiger partial charge in [0.2, 0.25) is 5.91 Å². The molecule has 1 saturated carbocycles. The third kappa shape index (κ3) is 3.31. The zero-order chi connectivity index (χ0) is 22.6. The third-order valence-corrected chi connectivity index (χ3v) is 8.49. The number of rotatable bonds is 4. The lowest BCUT2D eigenvalue weighted by Gasteiger charge is -2.51. The monoisotopic (exact) mass is 434 g/mol. The highest BCUT2D eigenvalue weighted by molar-refractivity contribution is 5.77. The predicted molar refractivity (Wildman–Crippen MR) is 124 cm³/mol. The average Bonchev–Trinajstić information content (AvgIpc) is 3.06. The lowest BCUT2D eigenvalue weighted by Crippen LogP contribution is -2.59. The van der Waals surface area contributed by atoms with Crippen molar-refractivity contribution in [3.8, 4) is 0 Å². The highest BCUT2D eigenvalue weighted by Crippen LogP contribution is 2.56. The Kier molecular flexibility index (Phi) is 5.24. The lowest BCUT2D eigenvalue weighted by molar-refractivity contribution is -0.136. The molecule has 6 heteroatoms. The molecule has 5 atom stereocenters. The van der Waals surface area contributed by atoms with E-state index in [1.54, 1.807) is 0 Å². The van der Waals surface area contributed by atoms with Crippen LogP contribution in [0.4, 0.5) is 0 Å². The molecule has 2 aromatic rings. The molecule has 1 aliphatic carbocycles. The van der Waals surface area contributed by atoms with E-state index in [0.29, 0.717) is 11.7 Å². The summed E-state index contributed by atoms with van der Waals surface area (Å²) >= 11 is 0. The molecule has 5 rings (SSSR count). The highest BCUT2D eigenvalue weighted by atomic mass is 16.2. The largest absolute Gasteiger partial charge is 0.348 e. The van der Waals surface area contributed by atoms with E-state index in [9.17, 15) is 9.59 Å². The summed E-state index contributed by atoms with van der Waals surface area (Å²) in [5.74, 6) is 0.0635. The van der Waals surface area contributed by atoms with Gasteiger partial charge in [0.15, 0.2) is 0 Å². The Balaban J connectivity index is 1.50. The van der Waals surface area contributed by atoms with Gasteiger partial charge in [0.1, 0.15) is 6.54 Å². The van der Waals surface area contributed by atoms with Crippen LogP contribution in [0, 0.1) is 19.3 Å². The quantitative estimate of drug-likeness (QED) is 0.742. The zero-order valence-corrected chi connectivity index (χ0v) is 19.6. The molecule has 1 amide bonds. The average molecular weight is 435 g/mol. The molecule has 2 saturated heterocycles. The molecule has 170 valence electrons. The number of hydrogen-bond donors (Lipinski definition) is 0. The highest BCUT2D eigenvalue weighted by Gasteiger charge is 2.62. The van der Waals surface area contributed by atoms with E-state index >= 15 is 0 Å². The van der Waals surface area contributed by atoms with E-state index < -0.39 is 0 Å². The normalized spacial score (nSPS) is 31.7. The fraction of sp³-hybridized carbons (Fsp3) is 0.577. The van der Waals surface area contributed by atoms with Crippen LogP contribution in [-0.4, -0.2) is 56.5 Å². The topological polar surface area (TPSA) is 58.4 Å². The summed E-state index contributed by atoms with van der Waals surface area (Å²) in [6, 6.07) is 13.7. The standard InChI is InChI=1S/C26H34N4O2/c1-17-13-18(2)29(25(32)27-17)16-24(31)30-21-15-26(3)22(11-8-12-23(26)30)28(4)20(21)14-19-9-6-5-7-10-19/h5-7,9-10,13,20-23H,8,11-12,14-16H2,1-4H3/t20-,21-,22+,23-,26+/m0/s1.